The number of nitrogens with zero attached hydrogens (tertiary/aromatic N) is 1. The van der Waals surface area contributed by atoms with Gasteiger partial charge in [0.15, 0.2) is 0 Å². The number of benzene rings is 1. The molecular weight excluding hydrogens is 260 g/mol. The van der Waals surface area contributed by atoms with Crippen LogP contribution in [0.3, 0.4) is 0 Å². The van der Waals surface area contributed by atoms with Gasteiger partial charge in [0, 0.05) is 20.1 Å². The van der Waals surface area contributed by atoms with Crippen LogP contribution in [-0.4, -0.2) is 26.3 Å². The first-order chi connectivity index (χ1) is 8.78. The van der Waals surface area contributed by atoms with Crippen LogP contribution in [0.5, 0.6) is 0 Å². The summed E-state index contributed by atoms with van der Waals surface area (Å²) >= 11 is 0. The SMILES string of the molecule is Cc1cc(S(=O)(=O)N(C)CCC(C)C)ccc1CN. The Hall–Kier alpha value is -0.910. The molecule has 0 amide bonds. The molecule has 0 radical (unpaired) electrons. The summed E-state index contributed by atoms with van der Waals surface area (Å²) in [5.74, 6) is 0.485. The molecule has 0 unspecified atom stereocenters. The third-order valence-corrected chi connectivity index (χ3v) is 5.12. The molecule has 0 atom stereocenters. The fourth-order valence-electron chi connectivity index (χ4n) is 1.80. The molecule has 1 aromatic carbocycles. The van der Waals surface area contributed by atoms with Gasteiger partial charge in [0.1, 0.15) is 0 Å². The largest absolute Gasteiger partial charge is 0.326 e. The first-order valence-corrected chi connectivity index (χ1v) is 7.99. The number of aryl methyl sites for hydroxylation is 1. The van der Waals surface area contributed by atoms with E-state index in [2.05, 4.69) is 13.8 Å². The van der Waals surface area contributed by atoms with Crippen molar-refractivity contribution in [3.05, 3.63) is 29.3 Å². The number of hydrogen-bond acceptors (Lipinski definition) is 3. The van der Waals surface area contributed by atoms with E-state index in [1.165, 1.54) is 4.31 Å². The van der Waals surface area contributed by atoms with Crippen molar-refractivity contribution in [3.63, 3.8) is 0 Å². The van der Waals surface area contributed by atoms with E-state index in [0.717, 1.165) is 17.5 Å². The fraction of sp³-hybridized carbons (Fsp3) is 0.571. The van der Waals surface area contributed by atoms with E-state index in [-0.39, 0.29) is 0 Å². The average Bonchev–Trinajstić information content (AvgIpc) is 2.35. The molecule has 1 rings (SSSR count). The normalized spacial score (nSPS) is 12.4. The van der Waals surface area contributed by atoms with Crippen LogP contribution in [-0.2, 0) is 16.6 Å². The number of nitrogens with two attached hydrogens (primary N) is 1. The first kappa shape index (κ1) is 16.1. The lowest BCUT2D eigenvalue weighted by Gasteiger charge is -2.19. The van der Waals surface area contributed by atoms with Crippen LogP contribution in [0.2, 0.25) is 0 Å². The van der Waals surface area contributed by atoms with Crippen LogP contribution in [0.25, 0.3) is 0 Å². The third kappa shape index (κ3) is 4.03. The Kier molecular flexibility index (Phi) is 5.52. The van der Waals surface area contributed by atoms with Gasteiger partial charge in [-0.1, -0.05) is 19.9 Å². The minimum atomic E-state index is -3.39. The van der Waals surface area contributed by atoms with Crippen molar-refractivity contribution in [3.8, 4) is 0 Å². The molecule has 0 saturated heterocycles. The van der Waals surface area contributed by atoms with Crippen LogP contribution in [0.4, 0.5) is 0 Å². The Bertz CT molecular complexity index is 524. The van der Waals surface area contributed by atoms with Crippen LogP contribution in [0.1, 0.15) is 31.4 Å². The molecule has 0 saturated carbocycles. The van der Waals surface area contributed by atoms with Crippen LogP contribution >= 0.6 is 0 Å². The van der Waals surface area contributed by atoms with Gasteiger partial charge in [-0.05, 0) is 42.5 Å². The monoisotopic (exact) mass is 284 g/mol. The van der Waals surface area contributed by atoms with Crippen molar-refractivity contribution in [2.45, 2.75) is 38.6 Å². The topological polar surface area (TPSA) is 63.4 Å². The van der Waals surface area contributed by atoms with Gasteiger partial charge in [0.2, 0.25) is 10.0 Å². The molecular formula is C14H24N2O2S. The molecule has 0 aromatic heterocycles. The second-order valence-electron chi connectivity index (χ2n) is 5.30. The van der Waals surface area contributed by atoms with Crippen LogP contribution in [0, 0.1) is 12.8 Å². The third-order valence-electron chi connectivity index (χ3n) is 3.26. The lowest BCUT2D eigenvalue weighted by Crippen LogP contribution is -2.28. The zero-order valence-electron chi connectivity index (χ0n) is 12.2. The Morgan fingerprint density at radius 2 is 1.95 bits per heavy atom. The van der Waals surface area contributed by atoms with Crippen molar-refractivity contribution in [2.75, 3.05) is 13.6 Å². The summed E-state index contributed by atoms with van der Waals surface area (Å²) in [6.45, 7) is 7.02. The lowest BCUT2D eigenvalue weighted by atomic mass is 10.1. The maximum atomic E-state index is 12.4. The maximum Gasteiger partial charge on any atom is 0.242 e. The van der Waals surface area contributed by atoms with E-state index in [1.807, 2.05) is 6.92 Å². The highest BCUT2D eigenvalue weighted by Crippen LogP contribution is 2.19. The van der Waals surface area contributed by atoms with Gasteiger partial charge in [0.05, 0.1) is 4.90 Å². The molecule has 0 aliphatic heterocycles. The second kappa shape index (κ2) is 6.50. The zero-order chi connectivity index (χ0) is 14.6. The average molecular weight is 284 g/mol. The minimum absolute atomic E-state index is 0.341. The molecule has 0 fully saturated rings. The van der Waals surface area contributed by atoms with Gasteiger partial charge in [-0.15, -0.1) is 0 Å². The van der Waals surface area contributed by atoms with Crippen LogP contribution in [0.15, 0.2) is 23.1 Å². The molecule has 0 bridgehead atoms. The van der Waals surface area contributed by atoms with Gasteiger partial charge >= 0.3 is 0 Å². The van der Waals surface area contributed by atoms with E-state index < -0.39 is 10.0 Å². The standard InChI is InChI=1S/C14H24N2O2S/c1-11(2)7-8-16(4)19(17,18)14-6-5-13(10-15)12(3)9-14/h5-6,9,11H,7-8,10,15H2,1-4H3. The minimum Gasteiger partial charge on any atom is -0.326 e. The molecule has 0 aliphatic carbocycles. The Labute approximate surface area is 116 Å². The lowest BCUT2D eigenvalue weighted by molar-refractivity contribution is 0.428. The van der Waals surface area contributed by atoms with Gasteiger partial charge in [-0.3, -0.25) is 0 Å². The molecule has 5 heteroatoms. The van der Waals surface area contributed by atoms with Gasteiger partial charge < -0.3 is 5.73 Å². The molecule has 0 spiro atoms. The molecule has 0 heterocycles. The summed E-state index contributed by atoms with van der Waals surface area (Å²) in [6, 6.07) is 5.12. The highest BCUT2D eigenvalue weighted by Gasteiger charge is 2.21. The van der Waals surface area contributed by atoms with Crippen molar-refractivity contribution in [1.82, 2.24) is 4.31 Å². The molecule has 4 nitrogen and oxygen atoms in total. The van der Waals surface area contributed by atoms with E-state index in [1.54, 1.807) is 25.2 Å². The first-order valence-electron chi connectivity index (χ1n) is 6.55. The maximum absolute atomic E-state index is 12.4. The Morgan fingerprint density at radius 3 is 2.42 bits per heavy atom. The molecule has 1 aromatic rings. The molecule has 2 N–H and O–H groups in total. The van der Waals surface area contributed by atoms with Crippen molar-refractivity contribution in [1.29, 1.82) is 0 Å². The predicted octanol–water partition coefficient (Wildman–Crippen LogP) is 2.12. The van der Waals surface area contributed by atoms with Crippen molar-refractivity contribution >= 4 is 10.0 Å². The fourth-order valence-corrected chi connectivity index (χ4v) is 3.07. The summed E-state index contributed by atoms with van der Waals surface area (Å²) in [7, 11) is -1.76. The molecule has 0 aliphatic rings. The van der Waals surface area contributed by atoms with Crippen LogP contribution < -0.4 is 5.73 Å². The van der Waals surface area contributed by atoms with Gasteiger partial charge in [-0.2, -0.15) is 0 Å². The second-order valence-corrected chi connectivity index (χ2v) is 7.35. The number of hydrogen-bond donors (Lipinski definition) is 1. The van der Waals surface area contributed by atoms with E-state index in [0.29, 0.717) is 23.9 Å². The molecule has 19 heavy (non-hydrogen) atoms. The Balaban J connectivity index is 2.96. The van der Waals surface area contributed by atoms with E-state index >= 15 is 0 Å². The number of rotatable bonds is 6. The summed E-state index contributed by atoms with van der Waals surface area (Å²) in [5.41, 5.74) is 7.48. The van der Waals surface area contributed by atoms with Gasteiger partial charge in [-0.25, -0.2) is 12.7 Å². The number of sulfonamides is 1. The summed E-state index contributed by atoms with van der Waals surface area (Å²) in [4.78, 5) is 0.341. The highest BCUT2D eigenvalue weighted by molar-refractivity contribution is 7.89. The summed E-state index contributed by atoms with van der Waals surface area (Å²) in [6.07, 6.45) is 0.857. The van der Waals surface area contributed by atoms with Crippen molar-refractivity contribution in [2.24, 2.45) is 11.7 Å². The predicted molar refractivity (Wildman–Crippen MR) is 78.3 cm³/mol. The smallest absolute Gasteiger partial charge is 0.242 e. The van der Waals surface area contributed by atoms with E-state index in [9.17, 15) is 8.42 Å². The summed E-state index contributed by atoms with van der Waals surface area (Å²) < 4.78 is 26.2. The molecule has 108 valence electrons. The van der Waals surface area contributed by atoms with Gasteiger partial charge in [0.25, 0.3) is 0 Å². The Morgan fingerprint density at radius 1 is 1.32 bits per heavy atom. The van der Waals surface area contributed by atoms with Crippen molar-refractivity contribution < 1.29 is 8.42 Å². The summed E-state index contributed by atoms with van der Waals surface area (Å²) in [5, 5.41) is 0. The van der Waals surface area contributed by atoms with E-state index in [4.69, 9.17) is 5.73 Å². The quantitative estimate of drug-likeness (QED) is 0.870. The highest BCUT2D eigenvalue weighted by atomic mass is 32.2. The zero-order valence-corrected chi connectivity index (χ0v) is 13.0.